The minimum absolute atomic E-state index is 0.182. The number of nitrogens with one attached hydrogen (secondary N) is 1. The molecule has 1 N–H and O–H groups in total. The molecule has 0 aliphatic carbocycles. The number of hydrogen-bond donors (Lipinski definition) is 1. The quantitative estimate of drug-likeness (QED) is 0.904. The molecule has 0 spiro atoms. The first-order valence-electron chi connectivity index (χ1n) is 6.50. The molecule has 0 fully saturated rings. The van der Waals surface area contributed by atoms with Crippen molar-refractivity contribution in [3.8, 4) is 0 Å². The van der Waals surface area contributed by atoms with Crippen molar-refractivity contribution in [1.82, 2.24) is 5.32 Å². The van der Waals surface area contributed by atoms with E-state index in [9.17, 15) is 4.39 Å². The fourth-order valence-electron chi connectivity index (χ4n) is 2.47. The smallest absolute Gasteiger partial charge is 0.123 e. The number of rotatable bonds is 4. The number of furan rings is 1. The van der Waals surface area contributed by atoms with E-state index in [0.717, 1.165) is 29.1 Å². The first-order valence-corrected chi connectivity index (χ1v) is 6.50. The average Bonchev–Trinajstić information content (AvgIpc) is 2.68. The lowest BCUT2D eigenvalue weighted by Gasteiger charge is -2.17. The number of likely N-dealkylation sites (N-methyl/N-ethyl adjacent to an activating group) is 1. The van der Waals surface area contributed by atoms with E-state index in [1.165, 1.54) is 11.6 Å². The van der Waals surface area contributed by atoms with E-state index in [2.05, 4.69) is 11.4 Å². The van der Waals surface area contributed by atoms with Crippen LogP contribution in [0.3, 0.4) is 0 Å². The van der Waals surface area contributed by atoms with E-state index in [0.29, 0.717) is 0 Å². The highest BCUT2D eigenvalue weighted by atomic mass is 19.1. The first kappa shape index (κ1) is 13.8. The summed E-state index contributed by atoms with van der Waals surface area (Å²) in [7, 11) is 1.94. The zero-order chi connectivity index (χ0) is 14.0. The highest BCUT2D eigenvalue weighted by Gasteiger charge is 2.17. The number of halogens is 1. The predicted molar refractivity (Wildman–Crippen MR) is 74.8 cm³/mol. The largest absolute Gasteiger partial charge is 0.466 e. The molecule has 1 unspecified atom stereocenters. The normalized spacial score (nSPS) is 12.7. The van der Waals surface area contributed by atoms with Gasteiger partial charge in [-0.05, 0) is 63.6 Å². The molecule has 1 atom stereocenters. The van der Waals surface area contributed by atoms with Gasteiger partial charge < -0.3 is 9.73 Å². The van der Waals surface area contributed by atoms with Crippen LogP contribution in [0.1, 0.15) is 34.3 Å². The highest BCUT2D eigenvalue weighted by molar-refractivity contribution is 5.31. The van der Waals surface area contributed by atoms with Crippen LogP contribution < -0.4 is 5.32 Å². The van der Waals surface area contributed by atoms with Gasteiger partial charge >= 0.3 is 0 Å². The topological polar surface area (TPSA) is 25.2 Å². The minimum Gasteiger partial charge on any atom is -0.466 e. The Bertz CT molecular complexity index is 574. The molecule has 3 heteroatoms. The van der Waals surface area contributed by atoms with E-state index in [1.807, 2.05) is 33.9 Å². The van der Waals surface area contributed by atoms with Crippen LogP contribution in [-0.4, -0.2) is 7.05 Å². The second-order valence-electron chi connectivity index (χ2n) is 4.98. The van der Waals surface area contributed by atoms with Crippen LogP contribution in [0.15, 0.2) is 28.7 Å². The predicted octanol–water partition coefficient (Wildman–Crippen LogP) is 3.85. The fourth-order valence-corrected chi connectivity index (χ4v) is 2.47. The Morgan fingerprint density at radius 3 is 2.47 bits per heavy atom. The SMILES string of the molecule is CNC(Cc1ccc(F)cc1C)c1cc(C)oc1C. The molecule has 0 aliphatic rings. The Balaban J connectivity index is 2.26. The second-order valence-corrected chi connectivity index (χ2v) is 4.98. The van der Waals surface area contributed by atoms with Gasteiger partial charge in [-0.1, -0.05) is 6.07 Å². The summed E-state index contributed by atoms with van der Waals surface area (Å²) in [6, 6.07) is 7.20. The van der Waals surface area contributed by atoms with Gasteiger partial charge in [0.05, 0.1) is 0 Å². The van der Waals surface area contributed by atoms with Crippen molar-refractivity contribution >= 4 is 0 Å². The molecule has 0 amide bonds. The molecule has 2 aromatic rings. The molecule has 19 heavy (non-hydrogen) atoms. The highest BCUT2D eigenvalue weighted by Crippen LogP contribution is 2.25. The van der Waals surface area contributed by atoms with Crippen molar-refractivity contribution in [3.63, 3.8) is 0 Å². The third-order valence-corrected chi connectivity index (χ3v) is 3.53. The van der Waals surface area contributed by atoms with E-state index in [4.69, 9.17) is 4.42 Å². The summed E-state index contributed by atoms with van der Waals surface area (Å²) >= 11 is 0. The number of benzene rings is 1. The molecule has 0 bridgehead atoms. The molecular weight excluding hydrogens is 241 g/mol. The number of aryl methyl sites for hydroxylation is 3. The summed E-state index contributed by atoms with van der Waals surface area (Å²) in [5.41, 5.74) is 3.31. The maximum Gasteiger partial charge on any atom is 0.123 e. The standard InChI is InChI=1S/C16H20FNO/c1-10-7-14(17)6-5-13(10)9-16(18-4)15-8-11(2)19-12(15)3/h5-8,16,18H,9H2,1-4H3. The van der Waals surface area contributed by atoms with Gasteiger partial charge in [-0.3, -0.25) is 0 Å². The van der Waals surface area contributed by atoms with Crippen molar-refractivity contribution in [3.05, 3.63) is 58.3 Å². The van der Waals surface area contributed by atoms with Crippen molar-refractivity contribution in [1.29, 1.82) is 0 Å². The lowest BCUT2D eigenvalue weighted by Crippen LogP contribution is -2.19. The summed E-state index contributed by atoms with van der Waals surface area (Å²) in [4.78, 5) is 0. The van der Waals surface area contributed by atoms with Crippen LogP contribution in [0.5, 0.6) is 0 Å². The maximum atomic E-state index is 13.1. The third-order valence-electron chi connectivity index (χ3n) is 3.53. The van der Waals surface area contributed by atoms with E-state index < -0.39 is 0 Å². The summed E-state index contributed by atoms with van der Waals surface area (Å²) in [5, 5.41) is 3.31. The molecule has 0 saturated carbocycles. The molecule has 1 aromatic heterocycles. The third kappa shape index (κ3) is 3.04. The Morgan fingerprint density at radius 1 is 1.21 bits per heavy atom. The maximum absolute atomic E-state index is 13.1. The van der Waals surface area contributed by atoms with Crippen LogP contribution >= 0.6 is 0 Å². The Labute approximate surface area is 113 Å². The van der Waals surface area contributed by atoms with Crippen molar-refractivity contribution in [2.24, 2.45) is 0 Å². The molecule has 102 valence electrons. The molecular formula is C16H20FNO. The van der Waals surface area contributed by atoms with Gasteiger partial charge in [0.25, 0.3) is 0 Å². The monoisotopic (exact) mass is 261 g/mol. The number of hydrogen-bond acceptors (Lipinski definition) is 2. The van der Waals surface area contributed by atoms with Crippen LogP contribution in [0.4, 0.5) is 4.39 Å². The van der Waals surface area contributed by atoms with Crippen molar-refractivity contribution < 1.29 is 8.81 Å². The molecule has 1 aromatic carbocycles. The summed E-state index contributed by atoms with van der Waals surface area (Å²) in [6.07, 6.45) is 0.822. The Hall–Kier alpha value is -1.61. The molecule has 2 rings (SSSR count). The molecule has 0 aliphatic heterocycles. The Kier molecular flexibility index (Phi) is 4.05. The van der Waals surface area contributed by atoms with Crippen molar-refractivity contribution in [2.45, 2.75) is 33.2 Å². The Morgan fingerprint density at radius 2 is 1.95 bits per heavy atom. The average molecular weight is 261 g/mol. The van der Waals surface area contributed by atoms with Gasteiger partial charge in [0.1, 0.15) is 17.3 Å². The van der Waals surface area contributed by atoms with Crippen LogP contribution in [0, 0.1) is 26.6 Å². The fraction of sp³-hybridized carbons (Fsp3) is 0.375. The van der Waals surface area contributed by atoms with Gasteiger partial charge in [-0.2, -0.15) is 0 Å². The van der Waals surface area contributed by atoms with E-state index >= 15 is 0 Å². The van der Waals surface area contributed by atoms with Gasteiger partial charge in [-0.25, -0.2) is 4.39 Å². The zero-order valence-electron chi connectivity index (χ0n) is 11.9. The lowest BCUT2D eigenvalue weighted by molar-refractivity contribution is 0.490. The second kappa shape index (κ2) is 5.57. The van der Waals surface area contributed by atoms with Crippen LogP contribution in [-0.2, 0) is 6.42 Å². The molecule has 0 saturated heterocycles. The van der Waals surface area contributed by atoms with E-state index in [-0.39, 0.29) is 11.9 Å². The molecule has 0 radical (unpaired) electrons. The van der Waals surface area contributed by atoms with E-state index in [1.54, 1.807) is 6.07 Å². The summed E-state index contributed by atoms with van der Waals surface area (Å²) < 4.78 is 18.7. The summed E-state index contributed by atoms with van der Waals surface area (Å²) in [5.74, 6) is 1.68. The van der Waals surface area contributed by atoms with Crippen LogP contribution in [0.2, 0.25) is 0 Å². The van der Waals surface area contributed by atoms with Crippen LogP contribution in [0.25, 0.3) is 0 Å². The van der Waals surface area contributed by atoms with Gasteiger partial charge in [0.2, 0.25) is 0 Å². The van der Waals surface area contributed by atoms with Crippen molar-refractivity contribution in [2.75, 3.05) is 7.05 Å². The lowest BCUT2D eigenvalue weighted by atomic mass is 9.96. The van der Waals surface area contributed by atoms with Gasteiger partial charge in [0.15, 0.2) is 0 Å². The molecule has 2 nitrogen and oxygen atoms in total. The first-order chi connectivity index (χ1) is 9.01. The minimum atomic E-state index is -0.183. The molecule has 1 heterocycles. The van der Waals surface area contributed by atoms with Gasteiger partial charge in [-0.15, -0.1) is 0 Å². The summed E-state index contributed by atoms with van der Waals surface area (Å²) in [6.45, 7) is 5.87. The zero-order valence-corrected chi connectivity index (χ0v) is 11.9. The van der Waals surface area contributed by atoms with Gasteiger partial charge in [0, 0.05) is 11.6 Å².